The van der Waals surface area contributed by atoms with Crippen molar-refractivity contribution < 1.29 is 4.79 Å². The first-order chi connectivity index (χ1) is 8.66. The first-order valence-corrected chi connectivity index (χ1v) is 7.03. The van der Waals surface area contributed by atoms with E-state index in [0.717, 1.165) is 12.1 Å². The van der Waals surface area contributed by atoms with Gasteiger partial charge in [0.05, 0.1) is 9.21 Å². The van der Waals surface area contributed by atoms with Crippen LogP contribution >= 0.6 is 22.9 Å². The number of carbonyl (C=O) groups is 1. The van der Waals surface area contributed by atoms with Gasteiger partial charge in [-0.25, -0.2) is 0 Å². The van der Waals surface area contributed by atoms with Crippen LogP contribution in [0.3, 0.4) is 0 Å². The molecule has 2 aromatic rings. The maximum Gasteiger partial charge on any atom is 0.268 e. The van der Waals surface area contributed by atoms with Gasteiger partial charge in [-0.15, -0.1) is 11.3 Å². The number of rotatable bonds is 1. The van der Waals surface area contributed by atoms with Gasteiger partial charge in [-0.1, -0.05) is 29.8 Å². The largest absolute Gasteiger partial charge is 0.304 e. The Bertz CT molecular complexity index is 607. The van der Waals surface area contributed by atoms with Gasteiger partial charge in [-0.2, -0.15) is 0 Å². The zero-order chi connectivity index (χ0) is 12.7. The molecular weight excluding hydrogens is 266 g/mol. The second-order valence-corrected chi connectivity index (χ2v) is 6.18. The smallest absolute Gasteiger partial charge is 0.268 e. The van der Waals surface area contributed by atoms with Gasteiger partial charge < -0.3 is 4.90 Å². The molecule has 92 valence electrons. The topological polar surface area (TPSA) is 20.3 Å². The van der Waals surface area contributed by atoms with Crippen LogP contribution in [0.1, 0.15) is 22.2 Å². The lowest BCUT2D eigenvalue weighted by Gasteiger charge is -2.21. The zero-order valence-electron chi connectivity index (χ0n) is 9.89. The van der Waals surface area contributed by atoms with Gasteiger partial charge >= 0.3 is 0 Å². The number of anilines is 1. The van der Waals surface area contributed by atoms with E-state index in [4.69, 9.17) is 11.6 Å². The van der Waals surface area contributed by atoms with E-state index in [9.17, 15) is 4.79 Å². The van der Waals surface area contributed by atoms with Crippen molar-refractivity contribution in [3.63, 3.8) is 0 Å². The predicted octanol–water partition coefficient (Wildman–Crippen LogP) is 3.99. The molecule has 0 spiro atoms. The molecule has 1 unspecified atom stereocenters. The van der Waals surface area contributed by atoms with Gasteiger partial charge in [0.15, 0.2) is 0 Å². The van der Waals surface area contributed by atoms with E-state index < -0.39 is 0 Å². The van der Waals surface area contributed by atoms with Crippen LogP contribution in [-0.2, 0) is 6.42 Å². The van der Waals surface area contributed by atoms with Crippen molar-refractivity contribution in [3.8, 4) is 0 Å². The van der Waals surface area contributed by atoms with Gasteiger partial charge in [-0.05, 0) is 37.1 Å². The van der Waals surface area contributed by atoms with E-state index in [-0.39, 0.29) is 11.9 Å². The highest BCUT2D eigenvalue weighted by molar-refractivity contribution is 7.18. The Morgan fingerprint density at radius 2 is 2.11 bits per heavy atom. The third-order valence-corrected chi connectivity index (χ3v) is 4.43. The molecular formula is C14H12ClNOS. The van der Waals surface area contributed by atoms with Crippen LogP contribution in [0, 0.1) is 0 Å². The second kappa shape index (κ2) is 4.41. The third kappa shape index (κ3) is 1.84. The maximum absolute atomic E-state index is 12.5. The van der Waals surface area contributed by atoms with Crippen LogP contribution < -0.4 is 4.90 Å². The molecule has 0 radical (unpaired) electrons. The van der Waals surface area contributed by atoms with Crippen LogP contribution in [0.15, 0.2) is 36.4 Å². The van der Waals surface area contributed by atoms with E-state index in [1.165, 1.54) is 16.9 Å². The Hall–Kier alpha value is -1.32. The molecule has 0 fully saturated rings. The summed E-state index contributed by atoms with van der Waals surface area (Å²) < 4.78 is 0.651. The number of hydrogen-bond acceptors (Lipinski definition) is 2. The Labute approximate surface area is 115 Å². The van der Waals surface area contributed by atoms with E-state index in [2.05, 4.69) is 13.0 Å². The minimum atomic E-state index is 0.0457. The van der Waals surface area contributed by atoms with Crippen molar-refractivity contribution in [1.29, 1.82) is 0 Å². The highest BCUT2D eigenvalue weighted by Crippen LogP contribution is 2.34. The summed E-state index contributed by atoms with van der Waals surface area (Å²) in [6, 6.07) is 11.8. The molecule has 0 saturated heterocycles. The van der Waals surface area contributed by atoms with Crippen molar-refractivity contribution in [1.82, 2.24) is 0 Å². The molecule has 1 atom stereocenters. The van der Waals surface area contributed by atoms with Crippen LogP contribution in [0.25, 0.3) is 0 Å². The summed E-state index contributed by atoms with van der Waals surface area (Å²) in [5, 5.41) is 0. The Kier molecular flexibility index (Phi) is 2.88. The van der Waals surface area contributed by atoms with Gasteiger partial charge in [0.1, 0.15) is 0 Å². The highest BCUT2D eigenvalue weighted by Gasteiger charge is 2.31. The number of amides is 1. The molecule has 1 aromatic carbocycles. The van der Waals surface area contributed by atoms with Crippen molar-refractivity contribution in [2.24, 2.45) is 0 Å². The Morgan fingerprint density at radius 1 is 1.33 bits per heavy atom. The van der Waals surface area contributed by atoms with Crippen LogP contribution in [0.2, 0.25) is 4.34 Å². The van der Waals surface area contributed by atoms with Gasteiger partial charge in [0.2, 0.25) is 0 Å². The molecule has 4 heteroatoms. The first kappa shape index (κ1) is 11.8. The van der Waals surface area contributed by atoms with E-state index in [1.54, 1.807) is 12.1 Å². The summed E-state index contributed by atoms with van der Waals surface area (Å²) in [7, 11) is 0. The summed E-state index contributed by atoms with van der Waals surface area (Å²) >= 11 is 7.23. The van der Waals surface area contributed by atoms with Crippen molar-refractivity contribution >= 4 is 34.5 Å². The number of nitrogens with zero attached hydrogens (tertiary/aromatic N) is 1. The number of thiophene rings is 1. The third-order valence-electron chi connectivity index (χ3n) is 3.21. The second-order valence-electron chi connectivity index (χ2n) is 4.46. The van der Waals surface area contributed by atoms with Crippen LogP contribution in [0.5, 0.6) is 0 Å². The van der Waals surface area contributed by atoms with Crippen molar-refractivity contribution in [3.05, 3.63) is 51.2 Å². The first-order valence-electron chi connectivity index (χ1n) is 5.83. The number of fused-ring (bicyclic) bond motifs is 1. The molecule has 1 aliphatic heterocycles. The zero-order valence-corrected chi connectivity index (χ0v) is 11.5. The molecule has 1 amide bonds. The lowest BCUT2D eigenvalue weighted by atomic mass is 10.1. The quantitative estimate of drug-likeness (QED) is 0.772. The average Bonchev–Trinajstić information content (AvgIpc) is 2.91. The van der Waals surface area contributed by atoms with E-state index in [1.807, 2.05) is 23.1 Å². The number of hydrogen-bond donors (Lipinski definition) is 0. The Morgan fingerprint density at radius 3 is 2.83 bits per heavy atom. The monoisotopic (exact) mass is 277 g/mol. The summed E-state index contributed by atoms with van der Waals surface area (Å²) in [4.78, 5) is 15.1. The molecule has 2 nitrogen and oxygen atoms in total. The minimum Gasteiger partial charge on any atom is -0.304 e. The van der Waals surface area contributed by atoms with Crippen molar-refractivity contribution in [2.45, 2.75) is 19.4 Å². The van der Waals surface area contributed by atoms with Gasteiger partial charge in [0, 0.05) is 11.7 Å². The maximum atomic E-state index is 12.5. The predicted molar refractivity (Wildman–Crippen MR) is 75.7 cm³/mol. The van der Waals surface area contributed by atoms with Gasteiger partial charge in [0.25, 0.3) is 5.91 Å². The molecule has 18 heavy (non-hydrogen) atoms. The van der Waals surface area contributed by atoms with Gasteiger partial charge in [-0.3, -0.25) is 4.79 Å². The fraction of sp³-hybridized carbons (Fsp3) is 0.214. The van der Waals surface area contributed by atoms with Crippen molar-refractivity contribution in [2.75, 3.05) is 4.90 Å². The van der Waals surface area contributed by atoms with E-state index in [0.29, 0.717) is 9.21 Å². The SMILES string of the molecule is CC1Cc2ccccc2N1C(=O)c1ccc(Cl)s1. The molecule has 2 heterocycles. The molecule has 0 aliphatic carbocycles. The molecule has 0 N–H and O–H groups in total. The molecule has 0 bridgehead atoms. The fourth-order valence-corrected chi connectivity index (χ4v) is 3.40. The number of benzene rings is 1. The normalized spacial score (nSPS) is 17.9. The number of carbonyl (C=O) groups excluding carboxylic acids is 1. The summed E-state index contributed by atoms with van der Waals surface area (Å²) in [6.07, 6.45) is 0.918. The summed E-state index contributed by atoms with van der Waals surface area (Å²) in [6.45, 7) is 2.08. The Balaban J connectivity index is 2.00. The lowest BCUT2D eigenvalue weighted by Crippen LogP contribution is -2.35. The number of halogens is 1. The molecule has 0 saturated carbocycles. The molecule has 3 rings (SSSR count). The lowest BCUT2D eigenvalue weighted by molar-refractivity contribution is 0.0985. The average molecular weight is 278 g/mol. The summed E-state index contributed by atoms with van der Waals surface area (Å²) in [5.41, 5.74) is 2.26. The number of para-hydroxylation sites is 1. The van der Waals surface area contributed by atoms with E-state index >= 15 is 0 Å². The van der Waals surface area contributed by atoms with Crippen LogP contribution in [0.4, 0.5) is 5.69 Å². The molecule has 1 aliphatic rings. The highest BCUT2D eigenvalue weighted by atomic mass is 35.5. The summed E-state index contributed by atoms with van der Waals surface area (Å²) in [5.74, 6) is 0.0457. The minimum absolute atomic E-state index is 0.0457. The van der Waals surface area contributed by atoms with Crippen LogP contribution in [-0.4, -0.2) is 11.9 Å². The molecule has 1 aromatic heterocycles. The fourth-order valence-electron chi connectivity index (χ4n) is 2.42. The standard InChI is InChI=1S/C14H12ClNOS/c1-9-8-10-4-2-3-5-11(10)16(9)14(17)12-6-7-13(15)18-12/h2-7,9H,8H2,1H3.